The first-order chi connectivity index (χ1) is 15.0. The van der Waals surface area contributed by atoms with E-state index in [4.69, 9.17) is 10.6 Å². The maximum atomic E-state index is 7.58. The molecule has 33 heavy (non-hydrogen) atoms. The SMILES string of the molecule is CCC(C)[O][Zr]([O]C(C)CC)([O][Si](C(C)C)(C(C)C)C(C)C)[O][Si](C(C)C)(C(C)C)C(C)C. The first-order valence-corrected chi connectivity index (χ1v) is 22.0. The normalized spacial score (nSPS) is 16.2. The Labute approximate surface area is 217 Å². The van der Waals surface area contributed by atoms with Crippen molar-refractivity contribution < 1.29 is 32.7 Å². The summed E-state index contributed by atoms with van der Waals surface area (Å²) >= 11 is -4.52. The van der Waals surface area contributed by atoms with E-state index in [0.29, 0.717) is 33.2 Å². The van der Waals surface area contributed by atoms with Crippen molar-refractivity contribution in [3.05, 3.63) is 0 Å². The molecule has 0 rings (SSSR count). The van der Waals surface area contributed by atoms with Crippen LogP contribution in [0.1, 0.15) is 124 Å². The molecule has 0 radical (unpaired) electrons. The molecule has 0 aromatic rings. The number of hydrogen-bond acceptors (Lipinski definition) is 4. The zero-order valence-corrected chi connectivity index (χ0v) is 29.6. The summed E-state index contributed by atoms with van der Waals surface area (Å²) in [7, 11) is -4.57. The van der Waals surface area contributed by atoms with Gasteiger partial charge in [0.25, 0.3) is 0 Å². The average molecular weight is 584 g/mol. The zero-order chi connectivity index (χ0) is 26.4. The fourth-order valence-electron chi connectivity index (χ4n) is 5.94. The van der Waals surface area contributed by atoms with E-state index in [9.17, 15) is 0 Å². The molecule has 0 N–H and O–H groups in total. The van der Waals surface area contributed by atoms with Crippen LogP contribution in [-0.2, 0) is 32.7 Å². The second kappa shape index (κ2) is 14.2. The van der Waals surface area contributed by atoms with Crippen LogP contribution in [-0.4, -0.2) is 28.8 Å². The van der Waals surface area contributed by atoms with Crippen molar-refractivity contribution in [2.45, 2.75) is 169 Å². The van der Waals surface area contributed by atoms with Crippen LogP contribution < -0.4 is 0 Å². The van der Waals surface area contributed by atoms with Crippen LogP contribution in [0.25, 0.3) is 0 Å². The van der Waals surface area contributed by atoms with Gasteiger partial charge in [-0.1, -0.05) is 0 Å². The second-order valence-electron chi connectivity index (χ2n) is 12.0. The van der Waals surface area contributed by atoms with Gasteiger partial charge in [0.15, 0.2) is 0 Å². The Hall–Kier alpha value is 1.16. The molecule has 0 aromatic carbocycles. The van der Waals surface area contributed by atoms with E-state index in [0.717, 1.165) is 12.8 Å². The molecule has 4 nitrogen and oxygen atoms in total. The fraction of sp³-hybridized carbons (Fsp3) is 1.00. The van der Waals surface area contributed by atoms with Gasteiger partial charge in [0.05, 0.1) is 0 Å². The topological polar surface area (TPSA) is 36.9 Å². The standard InChI is InChI=1S/2C9H21OSi.2C4H9O.Zr/c2*1-7(2)11(10,8(3)4)9(5)6;2*1-3-4(2)5;/h2*7-9H,1-6H3;2*4H,3H2,1-2H3;/q4*-1;+4. The summed E-state index contributed by atoms with van der Waals surface area (Å²) in [5.74, 6) is 0. The van der Waals surface area contributed by atoms with Crippen LogP contribution >= 0.6 is 0 Å². The predicted octanol–water partition coefficient (Wildman–Crippen LogP) is 9.81. The molecule has 0 aliphatic carbocycles. The summed E-state index contributed by atoms with van der Waals surface area (Å²) in [6, 6.07) is 0. The maximum absolute atomic E-state index is 7.58. The Bertz CT molecular complexity index is 461. The molecule has 200 valence electrons. The quantitative estimate of drug-likeness (QED) is 0.169. The minimum atomic E-state index is -4.52. The van der Waals surface area contributed by atoms with Gasteiger partial charge in [-0.3, -0.25) is 0 Å². The molecule has 0 spiro atoms. The minimum absolute atomic E-state index is 0.0567. The molecule has 0 saturated heterocycles. The van der Waals surface area contributed by atoms with Crippen molar-refractivity contribution >= 4 is 16.6 Å². The van der Waals surface area contributed by atoms with Crippen LogP contribution in [0.2, 0.25) is 33.2 Å². The van der Waals surface area contributed by atoms with E-state index < -0.39 is 38.7 Å². The van der Waals surface area contributed by atoms with Gasteiger partial charge >= 0.3 is 218 Å². The number of hydrogen-bond donors (Lipinski definition) is 0. The van der Waals surface area contributed by atoms with Gasteiger partial charge in [-0.25, -0.2) is 0 Å². The Morgan fingerprint density at radius 2 is 0.667 bits per heavy atom. The second-order valence-corrected chi connectivity index (χ2v) is 29.4. The monoisotopic (exact) mass is 582 g/mol. The first kappa shape index (κ1) is 34.2. The molecule has 7 heteroatoms. The van der Waals surface area contributed by atoms with Gasteiger partial charge in [-0.15, -0.1) is 0 Å². The summed E-state index contributed by atoms with van der Waals surface area (Å²) in [5, 5.41) is 0. The van der Waals surface area contributed by atoms with E-state index >= 15 is 0 Å². The summed E-state index contributed by atoms with van der Waals surface area (Å²) in [5.41, 5.74) is 2.70. The molecule has 0 heterocycles. The molecule has 2 unspecified atom stereocenters. The fourth-order valence-corrected chi connectivity index (χ4v) is 39.1. The molecule has 0 saturated carbocycles. The van der Waals surface area contributed by atoms with Crippen molar-refractivity contribution in [3.63, 3.8) is 0 Å². The van der Waals surface area contributed by atoms with Crippen LogP contribution in [0.4, 0.5) is 0 Å². The molecule has 0 bridgehead atoms. The zero-order valence-electron chi connectivity index (χ0n) is 25.2. The molecule has 2 atom stereocenters. The molecule has 0 aliphatic heterocycles. The average Bonchev–Trinajstić information content (AvgIpc) is 2.68. The van der Waals surface area contributed by atoms with Gasteiger partial charge in [0, 0.05) is 0 Å². The van der Waals surface area contributed by atoms with E-state index in [1.54, 1.807) is 0 Å². The molecule has 0 aromatic heterocycles. The summed E-state index contributed by atoms with van der Waals surface area (Å²) < 4.78 is 29.1. The van der Waals surface area contributed by atoms with Crippen molar-refractivity contribution in [3.8, 4) is 0 Å². The van der Waals surface area contributed by atoms with Crippen molar-refractivity contribution in [2.75, 3.05) is 0 Å². The van der Waals surface area contributed by atoms with E-state index in [-0.39, 0.29) is 12.2 Å². The first-order valence-electron chi connectivity index (χ1n) is 13.7. The predicted molar refractivity (Wildman–Crippen MR) is 146 cm³/mol. The van der Waals surface area contributed by atoms with Gasteiger partial charge in [0.2, 0.25) is 0 Å². The molecule has 0 amide bonds. The van der Waals surface area contributed by atoms with E-state index in [1.807, 2.05) is 0 Å². The van der Waals surface area contributed by atoms with Crippen LogP contribution in [0, 0.1) is 0 Å². The Morgan fingerprint density at radius 1 is 0.455 bits per heavy atom. The van der Waals surface area contributed by atoms with Gasteiger partial charge < -0.3 is 0 Å². The van der Waals surface area contributed by atoms with Crippen LogP contribution in [0.3, 0.4) is 0 Å². The molecular weight excluding hydrogens is 524 g/mol. The van der Waals surface area contributed by atoms with Crippen molar-refractivity contribution in [1.82, 2.24) is 0 Å². The van der Waals surface area contributed by atoms with Gasteiger partial charge in [0.1, 0.15) is 0 Å². The van der Waals surface area contributed by atoms with Crippen LogP contribution in [0.15, 0.2) is 0 Å². The summed E-state index contributed by atoms with van der Waals surface area (Å²) in [4.78, 5) is 0. The van der Waals surface area contributed by atoms with Crippen molar-refractivity contribution in [2.24, 2.45) is 0 Å². The third-order valence-electron chi connectivity index (χ3n) is 7.86. The third kappa shape index (κ3) is 8.07. The van der Waals surface area contributed by atoms with E-state index in [1.165, 1.54) is 0 Å². The Morgan fingerprint density at radius 3 is 0.818 bits per heavy atom. The number of rotatable bonds is 16. The van der Waals surface area contributed by atoms with Gasteiger partial charge in [-0.05, 0) is 0 Å². The molecule has 0 aliphatic rings. The Balaban J connectivity index is 7.15. The van der Waals surface area contributed by atoms with Gasteiger partial charge in [-0.2, -0.15) is 0 Å². The third-order valence-corrected chi connectivity index (χ3v) is 32.2. The summed E-state index contributed by atoms with van der Waals surface area (Å²) in [6.07, 6.45) is 1.96. The molecular formula is C26H60O4Si2Zr. The van der Waals surface area contributed by atoms with E-state index in [2.05, 4.69) is 111 Å². The van der Waals surface area contributed by atoms with Crippen molar-refractivity contribution in [1.29, 1.82) is 0 Å². The van der Waals surface area contributed by atoms with Crippen LogP contribution in [0.5, 0.6) is 0 Å². The summed E-state index contributed by atoms with van der Waals surface area (Å²) in [6.45, 7) is 36.8. The Kier molecular flexibility index (Phi) is 14.7. The molecule has 0 fully saturated rings.